The van der Waals surface area contributed by atoms with Crippen LogP contribution in [0, 0.1) is 20.8 Å². The van der Waals surface area contributed by atoms with E-state index in [9.17, 15) is 9.59 Å². The van der Waals surface area contributed by atoms with Crippen LogP contribution in [0.5, 0.6) is 11.5 Å². The molecule has 1 aromatic heterocycles. The Morgan fingerprint density at radius 3 is 2.33 bits per heavy atom. The van der Waals surface area contributed by atoms with Gasteiger partial charge in [-0.1, -0.05) is 17.7 Å². The second-order valence-corrected chi connectivity index (χ2v) is 9.15. The molecule has 0 saturated carbocycles. The van der Waals surface area contributed by atoms with Crippen LogP contribution in [0.4, 0.5) is 0 Å². The van der Waals surface area contributed by atoms with E-state index < -0.39 is 0 Å². The molecule has 0 aliphatic rings. The number of nitrogens with zero attached hydrogens (tertiary/aromatic N) is 1. The predicted octanol–water partition coefficient (Wildman–Crippen LogP) is 5.65. The monoisotopic (exact) mass is 504 g/mol. The summed E-state index contributed by atoms with van der Waals surface area (Å²) in [5.74, 6) is 1.09. The summed E-state index contributed by atoms with van der Waals surface area (Å²) in [6.45, 7) is 6.67. The number of ether oxygens (including phenoxy) is 2. The quantitative estimate of drug-likeness (QED) is 0.315. The summed E-state index contributed by atoms with van der Waals surface area (Å²) in [6.07, 6.45) is 0.125. The topological polar surface area (TPSA) is 69.6 Å². The maximum absolute atomic E-state index is 13.4. The number of amides is 1. The zero-order valence-electron chi connectivity index (χ0n) is 20.9. The van der Waals surface area contributed by atoms with Crippen LogP contribution in [0.15, 0.2) is 60.7 Å². The highest BCUT2D eigenvalue weighted by atomic mass is 35.5. The molecule has 6 nitrogen and oxygen atoms in total. The van der Waals surface area contributed by atoms with Crippen molar-refractivity contribution in [3.8, 4) is 11.5 Å². The van der Waals surface area contributed by atoms with E-state index in [1.54, 1.807) is 42.0 Å². The first-order chi connectivity index (χ1) is 17.3. The molecule has 0 bridgehead atoms. The van der Waals surface area contributed by atoms with Gasteiger partial charge in [0.25, 0.3) is 5.91 Å². The van der Waals surface area contributed by atoms with Crippen LogP contribution in [0.25, 0.3) is 10.9 Å². The van der Waals surface area contributed by atoms with Crippen molar-refractivity contribution in [3.63, 3.8) is 0 Å². The maximum atomic E-state index is 13.4. The summed E-state index contributed by atoms with van der Waals surface area (Å²) in [5.41, 5.74) is 5.07. The predicted molar refractivity (Wildman–Crippen MR) is 143 cm³/mol. The number of hydrogen-bond acceptors (Lipinski definition) is 4. The average molecular weight is 505 g/mol. The fraction of sp³-hybridized carbons (Fsp3) is 0.241. The molecule has 0 spiro atoms. The standard InChI is InChI=1S/C29H29ClN2O4/c1-18-5-10-24(15-19(18)2)36-14-13-31-28(33)17-25-20(3)32(27-12-11-23(35-4)16-26(25)27)29(34)21-6-8-22(30)9-7-21/h5-12,15-16H,13-14,17H2,1-4H3,(H,31,33). The molecule has 4 rings (SSSR count). The molecule has 0 radical (unpaired) electrons. The third kappa shape index (κ3) is 5.39. The molecule has 4 aromatic rings. The molecule has 3 aromatic carbocycles. The van der Waals surface area contributed by atoms with Crippen molar-refractivity contribution in [2.45, 2.75) is 27.2 Å². The van der Waals surface area contributed by atoms with Crippen LogP contribution in [0.3, 0.4) is 0 Å². The van der Waals surface area contributed by atoms with Gasteiger partial charge in [0.1, 0.15) is 18.1 Å². The van der Waals surface area contributed by atoms with Gasteiger partial charge in [-0.05, 0) is 92.1 Å². The van der Waals surface area contributed by atoms with Gasteiger partial charge in [-0.15, -0.1) is 0 Å². The molecule has 0 saturated heterocycles. The van der Waals surface area contributed by atoms with Crippen molar-refractivity contribution in [2.75, 3.05) is 20.3 Å². The highest BCUT2D eigenvalue weighted by Crippen LogP contribution is 2.31. The summed E-state index contributed by atoms with van der Waals surface area (Å²) < 4.78 is 12.8. The summed E-state index contributed by atoms with van der Waals surface area (Å²) in [4.78, 5) is 26.3. The van der Waals surface area contributed by atoms with E-state index in [0.717, 1.165) is 22.3 Å². The fourth-order valence-corrected chi connectivity index (χ4v) is 4.31. The lowest BCUT2D eigenvalue weighted by Gasteiger charge is -2.10. The second kappa shape index (κ2) is 10.9. The van der Waals surface area contributed by atoms with Crippen LogP contribution >= 0.6 is 11.6 Å². The van der Waals surface area contributed by atoms with Crippen molar-refractivity contribution in [1.82, 2.24) is 9.88 Å². The second-order valence-electron chi connectivity index (χ2n) is 8.72. The molecule has 0 atom stereocenters. The van der Waals surface area contributed by atoms with Gasteiger partial charge in [-0.2, -0.15) is 0 Å². The third-order valence-corrected chi connectivity index (χ3v) is 6.60. The van der Waals surface area contributed by atoms with Gasteiger partial charge in [0, 0.05) is 21.7 Å². The Hall–Kier alpha value is -3.77. The lowest BCUT2D eigenvalue weighted by Crippen LogP contribution is -2.29. The normalized spacial score (nSPS) is 10.9. The van der Waals surface area contributed by atoms with Gasteiger partial charge in [0.15, 0.2) is 0 Å². The molecule has 0 aliphatic heterocycles. The summed E-state index contributed by atoms with van der Waals surface area (Å²) >= 11 is 6.00. The highest BCUT2D eigenvalue weighted by molar-refractivity contribution is 6.30. The number of rotatable bonds is 8. The van der Waals surface area contributed by atoms with E-state index in [2.05, 4.69) is 12.2 Å². The van der Waals surface area contributed by atoms with Crippen LogP contribution in [-0.2, 0) is 11.2 Å². The van der Waals surface area contributed by atoms with Crippen molar-refractivity contribution < 1.29 is 19.1 Å². The number of carbonyl (C=O) groups excluding carboxylic acids is 2. The molecule has 7 heteroatoms. The van der Waals surface area contributed by atoms with Gasteiger partial charge in [0.05, 0.1) is 25.6 Å². The summed E-state index contributed by atoms with van der Waals surface area (Å²) in [5, 5.41) is 4.28. The minimum atomic E-state index is -0.187. The van der Waals surface area contributed by atoms with Crippen molar-refractivity contribution in [2.24, 2.45) is 0 Å². The van der Waals surface area contributed by atoms with Gasteiger partial charge in [-0.25, -0.2) is 0 Å². The van der Waals surface area contributed by atoms with Crippen LogP contribution in [0.2, 0.25) is 5.02 Å². The van der Waals surface area contributed by atoms with E-state index >= 15 is 0 Å². The van der Waals surface area contributed by atoms with Crippen molar-refractivity contribution >= 4 is 34.3 Å². The average Bonchev–Trinajstić information content (AvgIpc) is 3.14. The van der Waals surface area contributed by atoms with Crippen molar-refractivity contribution in [1.29, 1.82) is 0 Å². The lowest BCUT2D eigenvalue weighted by atomic mass is 10.1. The zero-order chi connectivity index (χ0) is 25.8. The number of hydrogen-bond donors (Lipinski definition) is 1. The number of aryl methyl sites for hydroxylation is 2. The first-order valence-electron chi connectivity index (χ1n) is 11.7. The molecule has 0 unspecified atom stereocenters. The molecule has 36 heavy (non-hydrogen) atoms. The molecular formula is C29H29ClN2O4. The first-order valence-corrected chi connectivity index (χ1v) is 12.1. The summed E-state index contributed by atoms with van der Waals surface area (Å²) in [6, 6.07) is 18.2. The Bertz CT molecular complexity index is 1420. The molecule has 1 heterocycles. The van der Waals surface area contributed by atoms with E-state index in [-0.39, 0.29) is 18.2 Å². The Morgan fingerprint density at radius 2 is 1.64 bits per heavy atom. The molecule has 186 valence electrons. The number of nitrogens with one attached hydrogen (secondary N) is 1. The minimum Gasteiger partial charge on any atom is -0.497 e. The third-order valence-electron chi connectivity index (χ3n) is 6.34. The lowest BCUT2D eigenvalue weighted by molar-refractivity contribution is -0.120. The van der Waals surface area contributed by atoms with Crippen LogP contribution in [0.1, 0.15) is 32.7 Å². The minimum absolute atomic E-state index is 0.125. The van der Waals surface area contributed by atoms with Gasteiger partial charge in [-0.3, -0.25) is 14.2 Å². The zero-order valence-corrected chi connectivity index (χ0v) is 21.6. The van der Waals surface area contributed by atoms with E-state index in [0.29, 0.717) is 40.7 Å². The highest BCUT2D eigenvalue weighted by Gasteiger charge is 2.22. The number of carbonyl (C=O) groups is 2. The fourth-order valence-electron chi connectivity index (χ4n) is 4.18. The van der Waals surface area contributed by atoms with Gasteiger partial charge >= 0.3 is 0 Å². The smallest absolute Gasteiger partial charge is 0.262 e. The Labute approximate surface area is 215 Å². The molecule has 0 aliphatic carbocycles. The van der Waals surface area contributed by atoms with Crippen LogP contribution < -0.4 is 14.8 Å². The molecular weight excluding hydrogens is 476 g/mol. The summed E-state index contributed by atoms with van der Waals surface area (Å²) in [7, 11) is 1.59. The van der Waals surface area contributed by atoms with Crippen LogP contribution in [-0.4, -0.2) is 36.6 Å². The number of fused-ring (bicyclic) bond motifs is 1. The Morgan fingerprint density at radius 1 is 0.917 bits per heavy atom. The molecule has 1 N–H and O–H groups in total. The Kier molecular flexibility index (Phi) is 7.65. The molecule has 0 fully saturated rings. The van der Waals surface area contributed by atoms with E-state index in [4.69, 9.17) is 21.1 Å². The molecule has 1 amide bonds. The van der Waals surface area contributed by atoms with E-state index in [1.165, 1.54) is 5.56 Å². The van der Waals surface area contributed by atoms with Gasteiger partial charge < -0.3 is 14.8 Å². The first kappa shape index (κ1) is 25.3. The number of benzene rings is 3. The SMILES string of the molecule is COc1ccc2c(c1)c(CC(=O)NCCOc1ccc(C)c(C)c1)c(C)n2C(=O)c1ccc(Cl)cc1. The maximum Gasteiger partial charge on any atom is 0.262 e. The number of aromatic nitrogens is 1. The Balaban J connectivity index is 1.52. The van der Waals surface area contributed by atoms with E-state index in [1.807, 2.05) is 44.2 Å². The van der Waals surface area contributed by atoms with Crippen molar-refractivity contribution in [3.05, 3.63) is 93.6 Å². The largest absolute Gasteiger partial charge is 0.497 e. The number of methoxy groups -OCH3 is 1. The number of halogens is 1. The van der Waals surface area contributed by atoms with Gasteiger partial charge in [0.2, 0.25) is 5.91 Å².